The van der Waals surface area contributed by atoms with Crippen molar-refractivity contribution in [2.75, 3.05) is 24.5 Å². The zero-order chi connectivity index (χ0) is 29.3. The first-order valence-corrected chi connectivity index (χ1v) is 14.7. The summed E-state index contributed by atoms with van der Waals surface area (Å²) in [5.74, 6) is -1.03. The van der Waals surface area contributed by atoms with Crippen LogP contribution < -0.4 is 14.4 Å². The highest BCUT2D eigenvalue weighted by molar-refractivity contribution is 7.92. The molecular formula is C29H33ClFN3O5S. The molecule has 0 saturated carbocycles. The van der Waals surface area contributed by atoms with Gasteiger partial charge in [0.1, 0.15) is 24.2 Å². The molecule has 0 unspecified atom stereocenters. The summed E-state index contributed by atoms with van der Waals surface area (Å²) in [4.78, 5) is 28.3. The van der Waals surface area contributed by atoms with Crippen LogP contribution in [-0.4, -0.2) is 51.4 Å². The average molecular weight is 590 g/mol. The Bertz CT molecular complexity index is 1380. The zero-order valence-corrected chi connectivity index (χ0v) is 24.2. The maximum atomic E-state index is 13.9. The molecule has 3 rings (SSSR count). The Kier molecular flexibility index (Phi) is 10.9. The molecule has 214 valence electrons. The first-order chi connectivity index (χ1) is 19.1. The molecule has 40 heavy (non-hydrogen) atoms. The summed E-state index contributed by atoms with van der Waals surface area (Å²) in [6.45, 7) is 3.57. The number of halogens is 2. The van der Waals surface area contributed by atoms with Gasteiger partial charge < -0.3 is 15.0 Å². The van der Waals surface area contributed by atoms with Crippen molar-refractivity contribution in [3.8, 4) is 5.75 Å². The van der Waals surface area contributed by atoms with Crippen LogP contribution in [0, 0.1) is 5.82 Å². The van der Waals surface area contributed by atoms with Crippen molar-refractivity contribution in [3.05, 3.63) is 89.2 Å². The Morgan fingerprint density at radius 3 is 2.15 bits per heavy atom. The number of benzene rings is 3. The van der Waals surface area contributed by atoms with Crippen molar-refractivity contribution < 1.29 is 27.1 Å². The molecule has 0 aromatic heterocycles. The number of amides is 2. The van der Waals surface area contributed by atoms with Crippen molar-refractivity contribution in [1.82, 2.24) is 10.2 Å². The van der Waals surface area contributed by atoms with Crippen LogP contribution in [0.5, 0.6) is 5.75 Å². The van der Waals surface area contributed by atoms with Crippen LogP contribution in [-0.2, 0) is 26.2 Å². The summed E-state index contributed by atoms with van der Waals surface area (Å²) in [6, 6.07) is 16.5. The molecule has 0 aliphatic rings. The Morgan fingerprint density at radius 2 is 1.60 bits per heavy atom. The van der Waals surface area contributed by atoms with Crippen molar-refractivity contribution in [2.45, 2.75) is 44.2 Å². The monoisotopic (exact) mass is 589 g/mol. The largest absolute Gasteiger partial charge is 0.497 e. The molecule has 0 aliphatic carbocycles. The highest BCUT2D eigenvalue weighted by atomic mass is 35.5. The Morgan fingerprint density at radius 1 is 0.975 bits per heavy atom. The van der Waals surface area contributed by atoms with Crippen LogP contribution in [0.25, 0.3) is 0 Å². The van der Waals surface area contributed by atoms with E-state index in [0.29, 0.717) is 35.7 Å². The number of methoxy groups -OCH3 is 1. The van der Waals surface area contributed by atoms with Gasteiger partial charge in [0.05, 0.1) is 17.7 Å². The second kappa shape index (κ2) is 14.1. The van der Waals surface area contributed by atoms with Crippen molar-refractivity contribution in [3.63, 3.8) is 0 Å². The van der Waals surface area contributed by atoms with E-state index in [1.807, 2.05) is 6.92 Å². The standard InChI is InChI=1S/C29H33ClFN3O5S/c1-4-18-32-29(36)27(5-2)33(19-21-6-8-22(30)9-7-21)28(35)20-34(24-12-10-23(31)11-13-24)40(37,38)26-16-14-25(39-3)15-17-26/h6-17,27H,4-5,18-20H2,1-3H3,(H,32,36)/t27-/m1/s1. The third kappa shape index (κ3) is 7.73. The molecule has 11 heteroatoms. The molecule has 0 bridgehead atoms. The number of hydrogen-bond acceptors (Lipinski definition) is 5. The van der Waals surface area contributed by atoms with Gasteiger partial charge in [-0.05, 0) is 79.1 Å². The van der Waals surface area contributed by atoms with Gasteiger partial charge in [0, 0.05) is 18.1 Å². The topological polar surface area (TPSA) is 96.0 Å². The molecule has 1 N–H and O–H groups in total. The summed E-state index contributed by atoms with van der Waals surface area (Å²) in [5.41, 5.74) is 0.811. The zero-order valence-electron chi connectivity index (χ0n) is 22.6. The van der Waals surface area contributed by atoms with Crippen molar-refractivity contribution in [2.24, 2.45) is 0 Å². The summed E-state index contributed by atoms with van der Waals surface area (Å²) in [5, 5.41) is 3.35. The number of anilines is 1. The SMILES string of the molecule is CCCNC(=O)[C@@H](CC)N(Cc1ccc(Cl)cc1)C(=O)CN(c1ccc(F)cc1)S(=O)(=O)c1ccc(OC)cc1. The van der Waals surface area contributed by atoms with Crippen LogP contribution in [0.15, 0.2) is 77.7 Å². The maximum Gasteiger partial charge on any atom is 0.264 e. The van der Waals surface area contributed by atoms with Gasteiger partial charge in [0.25, 0.3) is 10.0 Å². The normalized spacial score (nSPS) is 11.9. The van der Waals surface area contributed by atoms with Gasteiger partial charge in [0.15, 0.2) is 0 Å². The molecular weight excluding hydrogens is 557 g/mol. The molecule has 0 spiro atoms. The number of sulfonamides is 1. The molecule has 0 saturated heterocycles. The third-order valence-corrected chi connectivity index (χ3v) is 8.28. The highest BCUT2D eigenvalue weighted by Gasteiger charge is 2.33. The summed E-state index contributed by atoms with van der Waals surface area (Å²) >= 11 is 6.03. The van der Waals surface area contributed by atoms with E-state index in [1.54, 1.807) is 31.2 Å². The van der Waals surface area contributed by atoms with Gasteiger partial charge in [-0.3, -0.25) is 13.9 Å². The van der Waals surface area contributed by atoms with Gasteiger partial charge >= 0.3 is 0 Å². The van der Waals surface area contributed by atoms with E-state index in [2.05, 4.69) is 5.32 Å². The Labute approximate surface area is 239 Å². The first-order valence-electron chi connectivity index (χ1n) is 12.8. The van der Waals surface area contributed by atoms with E-state index >= 15 is 0 Å². The number of nitrogens with zero attached hydrogens (tertiary/aromatic N) is 2. The second-order valence-electron chi connectivity index (χ2n) is 9.03. The lowest BCUT2D eigenvalue weighted by atomic mass is 10.1. The lowest BCUT2D eigenvalue weighted by Crippen LogP contribution is -2.52. The van der Waals surface area contributed by atoms with E-state index in [1.165, 1.54) is 48.4 Å². The fraction of sp³-hybridized carbons (Fsp3) is 0.310. The second-order valence-corrected chi connectivity index (χ2v) is 11.3. The molecule has 2 amide bonds. The van der Waals surface area contributed by atoms with Gasteiger partial charge in [0.2, 0.25) is 11.8 Å². The van der Waals surface area contributed by atoms with Gasteiger partial charge in [-0.15, -0.1) is 0 Å². The average Bonchev–Trinajstić information content (AvgIpc) is 2.96. The molecule has 1 atom stereocenters. The fourth-order valence-corrected chi connectivity index (χ4v) is 5.62. The quantitative estimate of drug-likeness (QED) is 0.302. The van der Waals surface area contributed by atoms with Crippen molar-refractivity contribution in [1.29, 1.82) is 0 Å². The van der Waals surface area contributed by atoms with E-state index in [9.17, 15) is 22.4 Å². The smallest absolute Gasteiger partial charge is 0.264 e. The Hall–Kier alpha value is -3.63. The number of rotatable bonds is 13. The van der Waals surface area contributed by atoms with Gasteiger partial charge in [-0.1, -0.05) is 37.6 Å². The Balaban J connectivity index is 2.04. The van der Waals surface area contributed by atoms with E-state index in [-0.39, 0.29) is 23.0 Å². The minimum atomic E-state index is -4.28. The molecule has 3 aromatic carbocycles. The highest BCUT2D eigenvalue weighted by Crippen LogP contribution is 2.26. The number of hydrogen-bond donors (Lipinski definition) is 1. The number of ether oxygens (including phenoxy) is 1. The predicted molar refractivity (Wildman–Crippen MR) is 153 cm³/mol. The first kappa shape index (κ1) is 30.9. The van der Waals surface area contributed by atoms with Gasteiger partial charge in [-0.25, -0.2) is 12.8 Å². The summed E-state index contributed by atoms with van der Waals surface area (Å²) in [7, 11) is -2.81. The van der Waals surface area contributed by atoms with Crippen LogP contribution in [0.4, 0.5) is 10.1 Å². The lowest BCUT2D eigenvalue weighted by Gasteiger charge is -2.33. The van der Waals surface area contributed by atoms with E-state index in [0.717, 1.165) is 16.4 Å². The molecule has 0 fully saturated rings. The summed E-state index contributed by atoms with van der Waals surface area (Å²) in [6.07, 6.45) is 1.02. The van der Waals surface area contributed by atoms with E-state index in [4.69, 9.17) is 16.3 Å². The third-order valence-electron chi connectivity index (χ3n) is 6.24. The minimum absolute atomic E-state index is 0.0495. The predicted octanol–water partition coefficient (Wildman–Crippen LogP) is 5.02. The molecule has 8 nitrogen and oxygen atoms in total. The maximum absolute atomic E-state index is 13.9. The van der Waals surface area contributed by atoms with Crippen LogP contribution in [0.1, 0.15) is 32.3 Å². The molecule has 0 radical (unpaired) electrons. The van der Waals surface area contributed by atoms with Crippen LogP contribution in [0.2, 0.25) is 5.02 Å². The fourth-order valence-electron chi connectivity index (χ4n) is 4.08. The van der Waals surface area contributed by atoms with Crippen molar-refractivity contribution >= 4 is 39.1 Å². The molecule has 0 heterocycles. The van der Waals surface area contributed by atoms with Gasteiger partial charge in [-0.2, -0.15) is 0 Å². The van der Waals surface area contributed by atoms with Crippen LogP contribution in [0.3, 0.4) is 0 Å². The minimum Gasteiger partial charge on any atom is -0.497 e. The number of carbonyl (C=O) groups excluding carboxylic acids is 2. The lowest BCUT2D eigenvalue weighted by molar-refractivity contribution is -0.140. The number of carbonyl (C=O) groups is 2. The number of nitrogens with one attached hydrogen (secondary N) is 1. The van der Waals surface area contributed by atoms with E-state index < -0.39 is 34.3 Å². The molecule has 3 aromatic rings. The molecule has 0 aliphatic heterocycles. The summed E-state index contributed by atoms with van der Waals surface area (Å²) < 4.78 is 47.4. The van der Waals surface area contributed by atoms with Crippen LogP contribution >= 0.6 is 11.6 Å².